The lowest BCUT2D eigenvalue weighted by Crippen LogP contribution is -2.51. The van der Waals surface area contributed by atoms with E-state index >= 15 is 0 Å². The molecule has 2 aliphatic heterocycles. The largest absolute Gasteiger partial charge is 0.459 e. The molecule has 1 saturated carbocycles. The molecule has 3 fully saturated rings. The van der Waals surface area contributed by atoms with Gasteiger partial charge in [-0.2, -0.15) is 0 Å². The van der Waals surface area contributed by atoms with Crippen molar-refractivity contribution in [3.8, 4) is 0 Å². The van der Waals surface area contributed by atoms with Gasteiger partial charge in [-0.15, -0.1) is 0 Å². The van der Waals surface area contributed by atoms with Gasteiger partial charge >= 0.3 is 0 Å². The Balaban J connectivity index is 1.11. The van der Waals surface area contributed by atoms with Gasteiger partial charge in [-0.05, 0) is 61.7 Å². The van der Waals surface area contributed by atoms with Gasteiger partial charge in [0.1, 0.15) is 6.10 Å². The third-order valence-electron chi connectivity index (χ3n) is 8.84. The first-order chi connectivity index (χ1) is 20.8. The van der Waals surface area contributed by atoms with Crippen LogP contribution in [0.3, 0.4) is 0 Å². The van der Waals surface area contributed by atoms with E-state index in [0.29, 0.717) is 37.2 Å². The lowest BCUT2D eigenvalue weighted by atomic mass is 10.0. The minimum absolute atomic E-state index is 0.138. The van der Waals surface area contributed by atoms with Crippen molar-refractivity contribution >= 4 is 34.8 Å². The second kappa shape index (κ2) is 12.1. The fourth-order valence-corrected chi connectivity index (χ4v) is 6.52. The van der Waals surface area contributed by atoms with Gasteiger partial charge in [0, 0.05) is 50.5 Å². The standard InChI is InChI=1S/C32H37N5O6/c1-20-6-2-3-7-24(20)35-13-15-36(16-14-35)25-10-9-21(18-23(25)34-31(41)27-8-4-17-43-27)30(40)33-11-5-12-37-26-19-22(32(37)42)28(38)29(26)39/h2-4,6-10,17-18,22,26,28-29,38-39H,5,11-16,19H2,1H3,(H,33,40)(H,34,41)/t22-,26+,28?,29?/m0/s1. The summed E-state index contributed by atoms with van der Waals surface area (Å²) in [5.74, 6) is -1.20. The number of amides is 3. The average Bonchev–Trinajstić information content (AvgIpc) is 3.74. The SMILES string of the molecule is Cc1ccccc1N1CCN(c2ccc(C(=O)NCCCN3C(=O)[C@H]4C[C@@H]3C(O)C4O)cc2NC(=O)c2ccco2)CC1. The number of hydrogen-bond donors (Lipinski definition) is 4. The van der Waals surface area contributed by atoms with Crippen molar-refractivity contribution in [2.75, 3.05) is 54.4 Å². The molecule has 0 radical (unpaired) electrons. The number of nitrogens with zero attached hydrogens (tertiary/aromatic N) is 3. The third-order valence-corrected chi connectivity index (χ3v) is 8.84. The molecule has 2 unspecified atom stereocenters. The fraction of sp³-hybridized carbons (Fsp3) is 0.406. The Morgan fingerprint density at radius 2 is 1.67 bits per heavy atom. The molecular weight excluding hydrogens is 550 g/mol. The molecule has 43 heavy (non-hydrogen) atoms. The number of carbonyl (C=O) groups is 3. The Kier molecular flexibility index (Phi) is 8.09. The number of rotatable bonds is 9. The molecule has 4 N–H and O–H groups in total. The third kappa shape index (κ3) is 5.70. The van der Waals surface area contributed by atoms with Crippen molar-refractivity contribution in [1.82, 2.24) is 10.2 Å². The van der Waals surface area contributed by atoms with E-state index in [0.717, 1.165) is 31.9 Å². The second-order valence-corrected chi connectivity index (χ2v) is 11.5. The number of aliphatic hydroxyl groups is 2. The lowest BCUT2D eigenvalue weighted by Gasteiger charge is -2.38. The summed E-state index contributed by atoms with van der Waals surface area (Å²) in [6.07, 6.45) is 0.503. The van der Waals surface area contributed by atoms with Gasteiger partial charge in [0.05, 0.1) is 35.7 Å². The summed E-state index contributed by atoms with van der Waals surface area (Å²) in [7, 11) is 0. The van der Waals surface area contributed by atoms with Gasteiger partial charge in [-0.1, -0.05) is 18.2 Å². The molecule has 1 aromatic heterocycles. The van der Waals surface area contributed by atoms with Crippen LogP contribution in [0.15, 0.2) is 65.3 Å². The molecule has 0 spiro atoms. The van der Waals surface area contributed by atoms with E-state index < -0.39 is 24.0 Å². The van der Waals surface area contributed by atoms with Crippen LogP contribution in [0.2, 0.25) is 0 Å². The number of piperazine rings is 1. The smallest absolute Gasteiger partial charge is 0.291 e. The summed E-state index contributed by atoms with van der Waals surface area (Å²) in [6, 6.07) is 16.5. The maximum absolute atomic E-state index is 13.1. The Morgan fingerprint density at radius 1 is 0.930 bits per heavy atom. The molecular formula is C32H37N5O6. The number of furan rings is 1. The highest BCUT2D eigenvalue weighted by Gasteiger charge is 2.55. The van der Waals surface area contributed by atoms with E-state index in [4.69, 9.17) is 4.42 Å². The summed E-state index contributed by atoms with van der Waals surface area (Å²) < 4.78 is 5.28. The highest BCUT2D eigenvalue weighted by atomic mass is 16.3. The molecule has 3 heterocycles. The van der Waals surface area contributed by atoms with Crippen LogP contribution >= 0.6 is 0 Å². The predicted octanol–water partition coefficient (Wildman–Crippen LogP) is 2.24. The Hall–Kier alpha value is -4.35. The molecule has 11 nitrogen and oxygen atoms in total. The van der Waals surface area contributed by atoms with E-state index in [1.807, 2.05) is 18.2 Å². The van der Waals surface area contributed by atoms with E-state index in [-0.39, 0.29) is 23.6 Å². The topological polar surface area (TPSA) is 139 Å². The fourth-order valence-electron chi connectivity index (χ4n) is 6.52. The first-order valence-corrected chi connectivity index (χ1v) is 14.8. The van der Waals surface area contributed by atoms with Crippen LogP contribution in [0, 0.1) is 12.8 Å². The zero-order valence-corrected chi connectivity index (χ0v) is 24.1. The van der Waals surface area contributed by atoms with Crippen LogP contribution in [-0.2, 0) is 4.79 Å². The minimum Gasteiger partial charge on any atom is -0.459 e. The lowest BCUT2D eigenvalue weighted by molar-refractivity contribution is -0.146. The summed E-state index contributed by atoms with van der Waals surface area (Å²) >= 11 is 0. The number of fused-ring (bicyclic) bond motifs is 2. The van der Waals surface area contributed by atoms with Gasteiger partial charge in [-0.25, -0.2) is 0 Å². The Morgan fingerprint density at radius 3 is 2.37 bits per heavy atom. The van der Waals surface area contributed by atoms with Crippen LogP contribution in [0.25, 0.3) is 0 Å². The molecule has 3 aliphatic rings. The van der Waals surface area contributed by atoms with Gasteiger partial charge in [0.15, 0.2) is 5.76 Å². The normalized spacial score (nSPS) is 23.1. The number of hydrogen-bond acceptors (Lipinski definition) is 8. The average molecular weight is 588 g/mol. The zero-order chi connectivity index (χ0) is 30.1. The first-order valence-electron chi connectivity index (χ1n) is 14.8. The van der Waals surface area contributed by atoms with Crippen molar-refractivity contribution in [1.29, 1.82) is 0 Å². The van der Waals surface area contributed by atoms with E-state index in [1.165, 1.54) is 17.5 Å². The molecule has 1 aliphatic carbocycles. The van der Waals surface area contributed by atoms with Crippen molar-refractivity contribution in [3.63, 3.8) is 0 Å². The molecule has 4 atom stereocenters. The minimum atomic E-state index is -0.990. The van der Waals surface area contributed by atoms with Crippen LogP contribution in [0.5, 0.6) is 0 Å². The monoisotopic (exact) mass is 587 g/mol. The molecule has 2 bridgehead atoms. The Bertz CT molecular complexity index is 1490. The zero-order valence-electron chi connectivity index (χ0n) is 24.1. The van der Waals surface area contributed by atoms with Crippen LogP contribution in [-0.4, -0.2) is 90.4 Å². The van der Waals surface area contributed by atoms with Crippen molar-refractivity contribution < 1.29 is 29.0 Å². The highest BCUT2D eigenvalue weighted by molar-refractivity contribution is 6.05. The molecule has 226 valence electrons. The molecule has 6 rings (SSSR count). The molecule has 2 aromatic carbocycles. The van der Waals surface area contributed by atoms with Crippen molar-refractivity contribution in [3.05, 3.63) is 77.7 Å². The summed E-state index contributed by atoms with van der Waals surface area (Å²) in [4.78, 5) is 44.7. The van der Waals surface area contributed by atoms with Gasteiger partial charge in [0.2, 0.25) is 5.91 Å². The van der Waals surface area contributed by atoms with Gasteiger partial charge in [-0.3, -0.25) is 14.4 Å². The van der Waals surface area contributed by atoms with E-state index in [1.54, 1.807) is 29.2 Å². The maximum Gasteiger partial charge on any atom is 0.291 e. The number of anilines is 3. The number of piperidine rings is 1. The molecule has 3 amide bonds. The summed E-state index contributed by atoms with van der Waals surface area (Å²) in [5, 5.41) is 25.9. The number of aliphatic hydroxyl groups excluding tert-OH is 2. The van der Waals surface area contributed by atoms with Gasteiger partial charge < -0.3 is 40.0 Å². The molecule has 11 heteroatoms. The van der Waals surface area contributed by atoms with E-state index in [9.17, 15) is 24.6 Å². The molecule has 2 saturated heterocycles. The summed E-state index contributed by atoms with van der Waals surface area (Å²) in [6.45, 7) is 5.94. The van der Waals surface area contributed by atoms with E-state index in [2.05, 4.69) is 39.5 Å². The summed E-state index contributed by atoms with van der Waals surface area (Å²) in [5.41, 5.74) is 4.19. The number of aryl methyl sites for hydroxylation is 1. The van der Waals surface area contributed by atoms with Crippen molar-refractivity contribution in [2.24, 2.45) is 5.92 Å². The van der Waals surface area contributed by atoms with Crippen LogP contribution in [0.1, 0.15) is 39.3 Å². The number of para-hydroxylation sites is 1. The Labute approximate surface area is 250 Å². The first kappa shape index (κ1) is 28.8. The predicted molar refractivity (Wildman–Crippen MR) is 161 cm³/mol. The van der Waals surface area contributed by atoms with Crippen molar-refractivity contribution in [2.45, 2.75) is 38.0 Å². The van der Waals surface area contributed by atoms with Crippen LogP contribution < -0.4 is 20.4 Å². The quantitative estimate of drug-likeness (QED) is 0.280. The number of nitrogens with one attached hydrogen (secondary N) is 2. The second-order valence-electron chi connectivity index (χ2n) is 11.5. The van der Waals surface area contributed by atoms with Gasteiger partial charge in [0.25, 0.3) is 11.8 Å². The number of carbonyl (C=O) groups excluding carboxylic acids is 3. The van der Waals surface area contributed by atoms with Crippen LogP contribution in [0.4, 0.5) is 17.1 Å². The number of benzene rings is 2. The molecule has 3 aromatic rings. The highest BCUT2D eigenvalue weighted by Crippen LogP contribution is 2.39. The maximum atomic E-state index is 13.1. The number of likely N-dealkylation sites (tertiary alicyclic amines) is 1.